The van der Waals surface area contributed by atoms with Gasteiger partial charge in [-0.05, 0) is 43.4 Å². The third-order valence-electron chi connectivity index (χ3n) is 5.69. The molecule has 3 heterocycles. The van der Waals surface area contributed by atoms with Crippen molar-refractivity contribution in [3.63, 3.8) is 0 Å². The third kappa shape index (κ3) is 4.81. The quantitative estimate of drug-likeness (QED) is 0.740. The van der Waals surface area contributed by atoms with Gasteiger partial charge in [-0.1, -0.05) is 30.2 Å². The first-order valence-electron chi connectivity index (χ1n) is 10.4. The van der Waals surface area contributed by atoms with Crippen LogP contribution < -0.4 is 0 Å². The van der Waals surface area contributed by atoms with Crippen LogP contribution >= 0.6 is 11.6 Å². The third-order valence-corrected chi connectivity index (χ3v) is 5.93. The standard InChI is InChI=1S/C22H26ClN3O3/c23-17-7-4-6-16(12-17)13-18-14-24-22(29-18)19-8-5-11-26(19)21(28)15-25-10-3-1-2-9-20(25)27/h4,6-7,12,14,19H,1-3,5,8-11,13,15H2/t19-/m1/s1. The van der Waals surface area contributed by atoms with Gasteiger partial charge in [0, 0.05) is 31.0 Å². The van der Waals surface area contributed by atoms with Crippen molar-refractivity contribution < 1.29 is 14.0 Å². The van der Waals surface area contributed by atoms with Gasteiger partial charge in [0.1, 0.15) is 11.8 Å². The van der Waals surface area contributed by atoms with Gasteiger partial charge in [0.05, 0.1) is 12.7 Å². The summed E-state index contributed by atoms with van der Waals surface area (Å²) in [5, 5.41) is 0.692. The Morgan fingerprint density at radius 3 is 2.97 bits per heavy atom. The summed E-state index contributed by atoms with van der Waals surface area (Å²) in [7, 11) is 0. The highest BCUT2D eigenvalue weighted by Gasteiger charge is 2.34. The molecule has 2 aromatic rings. The first-order chi connectivity index (χ1) is 14.1. The van der Waals surface area contributed by atoms with Gasteiger partial charge in [0.2, 0.25) is 17.7 Å². The lowest BCUT2D eigenvalue weighted by atomic mass is 10.1. The van der Waals surface area contributed by atoms with E-state index in [1.165, 1.54) is 0 Å². The fourth-order valence-electron chi connectivity index (χ4n) is 4.19. The SMILES string of the molecule is O=C1CCCCCN1CC(=O)N1CCC[C@@H]1c1ncc(Cc2cccc(Cl)c2)o1. The first-order valence-corrected chi connectivity index (χ1v) is 10.7. The molecule has 154 valence electrons. The van der Waals surface area contributed by atoms with Crippen LogP contribution in [0.15, 0.2) is 34.9 Å². The van der Waals surface area contributed by atoms with Crippen LogP contribution in [0.5, 0.6) is 0 Å². The van der Waals surface area contributed by atoms with Crippen molar-refractivity contribution in [1.82, 2.24) is 14.8 Å². The van der Waals surface area contributed by atoms with Crippen molar-refractivity contribution in [1.29, 1.82) is 0 Å². The summed E-state index contributed by atoms with van der Waals surface area (Å²) in [6.45, 7) is 1.51. The number of likely N-dealkylation sites (tertiary alicyclic amines) is 2. The van der Waals surface area contributed by atoms with Gasteiger partial charge in [-0.15, -0.1) is 0 Å². The number of carbonyl (C=O) groups is 2. The minimum atomic E-state index is -0.155. The molecule has 0 bridgehead atoms. The van der Waals surface area contributed by atoms with Crippen LogP contribution in [-0.4, -0.2) is 46.2 Å². The predicted molar refractivity (Wildman–Crippen MR) is 109 cm³/mol. The Labute approximate surface area is 175 Å². The van der Waals surface area contributed by atoms with Gasteiger partial charge >= 0.3 is 0 Å². The number of aromatic nitrogens is 1. The second-order valence-corrected chi connectivity index (χ2v) is 8.28. The van der Waals surface area contributed by atoms with Crippen molar-refractivity contribution in [3.05, 3.63) is 52.7 Å². The summed E-state index contributed by atoms with van der Waals surface area (Å²) in [5.41, 5.74) is 1.05. The smallest absolute Gasteiger partial charge is 0.242 e. The molecule has 7 heteroatoms. The van der Waals surface area contributed by atoms with Gasteiger partial charge in [0.25, 0.3) is 0 Å². The zero-order valence-corrected chi connectivity index (χ0v) is 17.2. The number of oxazole rings is 1. The summed E-state index contributed by atoms with van der Waals surface area (Å²) in [6, 6.07) is 7.51. The van der Waals surface area contributed by atoms with Gasteiger partial charge in [-0.25, -0.2) is 4.98 Å². The molecule has 0 aliphatic carbocycles. The van der Waals surface area contributed by atoms with E-state index in [0.717, 1.165) is 43.4 Å². The second kappa shape index (κ2) is 8.99. The van der Waals surface area contributed by atoms with Crippen molar-refractivity contribution in [3.8, 4) is 0 Å². The molecule has 2 aliphatic rings. The maximum absolute atomic E-state index is 12.9. The van der Waals surface area contributed by atoms with Gasteiger partial charge in [-0.3, -0.25) is 9.59 Å². The molecule has 6 nitrogen and oxygen atoms in total. The normalized spacial score (nSPS) is 20.2. The molecular formula is C22H26ClN3O3. The van der Waals surface area contributed by atoms with E-state index in [-0.39, 0.29) is 24.4 Å². The van der Waals surface area contributed by atoms with Crippen molar-refractivity contribution in [2.75, 3.05) is 19.6 Å². The molecule has 0 spiro atoms. The Kier molecular flexibility index (Phi) is 6.19. The van der Waals surface area contributed by atoms with E-state index in [1.54, 1.807) is 11.1 Å². The minimum absolute atomic E-state index is 0.0164. The number of halogens is 1. The maximum Gasteiger partial charge on any atom is 0.242 e. The Morgan fingerprint density at radius 2 is 2.10 bits per heavy atom. The molecule has 2 saturated heterocycles. The Bertz CT molecular complexity index is 882. The molecule has 1 aromatic carbocycles. The topological polar surface area (TPSA) is 66.7 Å². The Balaban J connectivity index is 1.42. The summed E-state index contributed by atoms with van der Waals surface area (Å²) in [4.78, 5) is 33.2. The van der Waals surface area contributed by atoms with Crippen LogP contribution in [0.1, 0.15) is 61.8 Å². The summed E-state index contributed by atoms with van der Waals surface area (Å²) in [6.07, 6.45) is 7.56. The molecule has 2 amide bonds. The average Bonchev–Trinajstić information content (AvgIpc) is 3.31. The largest absolute Gasteiger partial charge is 0.443 e. The first kappa shape index (κ1) is 20.0. The fraction of sp³-hybridized carbons (Fsp3) is 0.500. The monoisotopic (exact) mass is 415 g/mol. The van der Waals surface area contributed by atoms with Gasteiger partial charge in [-0.2, -0.15) is 0 Å². The molecule has 29 heavy (non-hydrogen) atoms. The maximum atomic E-state index is 12.9. The van der Waals surface area contributed by atoms with Crippen LogP contribution in [0.4, 0.5) is 0 Å². The van der Waals surface area contributed by atoms with Crippen LogP contribution in [0.25, 0.3) is 0 Å². The highest BCUT2D eigenvalue weighted by Crippen LogP contribution is 2.32. The number of carbonyl (C=O) groups excluding carboxylic acids is 2. The number of rotatable bonds is 5. The highest BCUT2D eigenvalue weighted by atomic mass is 35.5. The lowest BCUT2D eigenvalue weighted by Gasteiger charge is -2.26. The minimum Gasteiger partial charge on any atom is -0.443 e. The number of hydrogen-bond donors (Lipinski definition) is 0. The molecule has 0 unspecified atom stereocenters. The molecule has 2 fully saturated rings. The zero-order valence-electron chi connectivity index (χ0n) is 16.5. The van der Waals surface area contributed by atoms with Crippen molar-refractivity contribution >= 4 is 23.4 Å². The molecular weight excluding hydrogens is 390 g/mol. The number of nitrogens with zero attached hydrogens (tertiary/aromatic N) is 3. The highest BCUT2D eigenvalue weighted by molar-refractivity contribution is 6.30. The zero-order chi connectivity index (χ0) is 20.2. The van der Waals surface area contributed by atoms with Crippen molar-refractivity contribution in [2.24, 2.45) is 0 Å². The number of amides is 2. The summed E-state index contributed by atoms with van der Waals surface area (Å²) < 4.78 is 5.99. The predicted octanol–water partition coefficient (Wildman–Crippen LogP) is 3.98. The molecule has 0 radical (unpaired) electrons. The molecule has 0 N–H and O–H groups in total. The van der Waals surface area contributed by atoms with Crippen LogP contribution in [0.3, 0.4) is 0 Å². The van der Waals surface area contributed by atoms with E-state index < -0.39 is 0 Å². The number of benzene rings is 1. The van der Waals surface area contributed by atoms with E-state index >= 15 is 0 Å². The average molecular weight is 416 g/mol. The van der Waals surface area contributed by atoms with Crippen molar-refractivity contribution in [2.45, 2.75) is 51.0 Å². The van der Waals surface area contributed by atoms with Gasteiger partial charge < -0.3 is 14.2 Å². The fourth-order valence-corrected chi connectivity index (χ4v) is 4.40. The van der Waals surface area contributed by atoms with E-state index in [4.69, 9.17) is 16.0 Å². The van der Waals surface area contributed by atoms with Gasteiger partial charge in [0.15, 0.2) is 0 Å². The lowest BCUT2D eigenvalue weighted by Crippen LogP contribution is -2.42. The van der Waals surface area contributed by atoms with E-state index in [9.17, 15) is 9.59 Å². The Hall–Kier alpha value is -2.34. The van der Waals surface area contributed by atoms with E-state index in [2.05, 4.69) is 4.98 Å². The molecule has 0 saturated carbocycles. The lowest BCUT2D eigenvalue weighted by molar-refractivity contribution is -0.141. The number of hydrogen-bond acceptors (Lipinski definition) is 4. The van der Waals surface area contributed by atoms with Crippen LogP contribution in [0.2, 0.25) is 5.02 Å². The molecule has 1 aromatic heterocycles. The summed E-state index contributed by atoms with van der Waals surface area (Å²) in [5.74, 6) is 1.41. The summed E-state index contributed by atoms with van der Waals surface area (Å²) >= 11 is 6.06. The van der Waals surface area contributed by atoms with Crippen LogP contribution in [0, 0.1) is 0 Å². The van der Waals surface area contributed by atoms with Crippen LogP contribution in [-0.2, 0) is 16.0 Å². The molecule has 2 aliphatic heterocycles. The molecule has 1 atom stereocenters. The van der Waals surface area contributed by atoms with E-state index in [0.29, 0.717) is 36.8 Å². The Morgan fingerprint density at radius 1 is 1.21 bits per heavy atom. The van der Waals surface area contributed by atoms with E-state index in [1.807, 2.05) is 29.2 Å². The molecule has 4 rings (SSSR count). The second-order valence-electron chi connectivity index (χ2n) is 7.84.